The van der Waals surface area contributed by atoms with Crippen LogP contribution in [0.3, 0.4) is 0 Å². The molecule has 0 atom stereocenters. The van der Waals surface area contributed by atoms with Crippen molar-refractivity contribution >= 4 is 28.4 Å². The first-order valence-electron chi connectivity index (χ1n) is 5.77. The van der Waals surface area contributed by atoms with Crippen LogP contribution < -0.4 is 0 Å². The molecule has 5 heteroatoms. The lowest BCUT2D eigenvalue weighted by molar-refractivity contribution is 0.101. The molecule has 0 aliphatic rings. The summed E-state index contributed by atoms with van der Waals surface area (Å²) in [7, 11) is 0. The maximum Gasteiger partial charge on any atom is 0.232 e. The molecule has 3 nitrogen and oxygen atoms in total. The fraction of sp³-hybridized carbons (Fsp3) is 0. The Kier molecular flexibility index (Phi) is 2.95. The van der Waals surface area contributed by atoms with Gasteiger partial charge in [-0.1, -0.05) is 11.6 Å². The van der Waals surface area contributed by atoms with E-state index < -0.39 is 11.6 Å². The first-order valence-corrected chi connectivity index (χ1v) is 6.15. The van der Waals surface area contributed by atoms with Crippen molar-refractivity contribution in [2.45, 2.75) is 0 Å². The molecule has 100 valence electrons. The van der Waals surface area contributed by atoms with E-state index in [0.717, 1.165) is 0 Å². The lowest BCUT2D eigenvalue weighted by atomic mass is 10.1. The van der Waals surface area contributed by atoms with Gasteiger partial charge in [-0.25, -0.2) is 4.39 Å². The van der Waals surface area contributed by atoms with Crippen LogP contribution in [0.2, 0.25) is 5.02 Å². The monoisotopic (exact) mass is 290 g/mol. The Morgan fingerprint density at radius 3 is 2.55 bits per heavy atom. The molecule has 1 heterocycles. The molecule has 0 unspecified atom stereocenters. The molecule has 3 aromatic rings. The number of fused-ring (bicyclic) bond motifs is 1. The minimum Gasteiger partial charge on any atom is -0.504 e. The van der Waals surface area contributed by atoms with Gasteiger partial charge in [-0.3, -0.25) is 4.79 Å². The second kappa shape index (κ2) is 4.65. The van der Waals surface area contributed by atoms with E-state index in [4.69, 9.17) is 16.0 Å². The summed E-state index contributed by atoms with van der Waals surface area (Å²) in [5.41, 5.74) is 0.587. The average Bonchev–Trinajstić information content (AvgIpc) is 2.76. The second-order valence-electron chi connectivity index (χ2n) is 4.26. The quantitative estimate of drug-likeness (QED) is 0.721. The Bertz CT molecular complexity index is 806. The van der Waals surface area contributed by atoms with Crippen LogP contribution in [0.4, 0.5) is 4.39 Å². The molecule has 20 heavy (non-hydrogen) atoms. The standard InChI is InChI=1S/C15H8ClFO3/c16-9-3-6-12-11(7-9)14(19)15(20-12)13(18)8-1-4-10(17)5-2-8/h1-7,19H. The van der Waals surface area contributed by atoms with Gasteiger partial charge in [0.1, 0.15) is 11.4 Å². The Hall–Kier alpha value is -2.33. The lowest BCUT2D eigenvalue weighted by Crippen LogP contribution is -1.99. The number of carbonyl (C=O) groups is 1. The average molecular weight is 291 g/mol. The van der Waals surface area contributed by atoms with E-state index in [-0.39, 0.29) is 17.1 Å². The van der Waals surface area contributed by atoms with Gasteiger partial charge in [-0.2, -0.15) is 0 Å². The molecule has 0 fully saturated rings. The SMILES string of the molecule is O=C(c1ccc(F)cc1)c1oc2ccc(Cl)cc2c1O. The van der Waals surface area contributed by atoms with Gasteiger partial charge in [0.15, 0.2) is 5.75 Å². The first-order chi connectivity index (χ1) is 9.56. The number of ketones is 1. The van der Waals surface area contributed by atoms with Crippen LogP contribution in [0.25, 0.3) is 11.0 Å². The molecular weight excluding hydrogens is 283 g/mol. The number of benzene rings is 2. The molecular formula is C15H8ClFO3. The van der Waals surface area contributed by atoms with Gasteiger partial charge in [0, 0.05) is 10.6 Å². The summed E-state index contributed by atoms with van der Waals surface area (Å²) >= 11 is 5.83. The number of aromatic hydroxyl groups is 1. The molecule has 1 N–H and O–H groups in total. The molecule has 0 bridgehead atoms. The topological polar surface area (TPSA) is 50.4 Å². The van der Waals surface area contributed by atoms with Gasteiger partial charge in [0.2, 0.25) is 11.5 Å². The molecule has 0 saturated heterocycles. The predicted octanol–water partition coefficient (Wildman–Crippen LogP) is 4.16. The minimum atomic E-state index is -0.519. The van der Waals surface area contributed by atoms with Gasteiger partial charge in [-0.05, 0) is 42.5 Å². The van der Waals surface area contributed by atoms with E-state index in [2.05, 4.69) is 0 Å². The predicted molar refractivity (Wildman–Crippen MR) is 72.7 cm³/mol. The number of rotatable bonds is 2. The van der Waals surface area contributed by atoms with E-state index in [0.29, 0.717) is 16.0 Å². The van der Waals surface area contributed by atoms with Crippen LogP contribution in [0, 0.1) is 5.82 Å². The van der Waals surface area contributed by atoms with Crippen molar-refractivity contribution in [1.82, 2.24) is 0 Å². The summed E-state index contributed by atoms with van der Waals surface area (Å²) in [6, 6.07) is 9.68. The third-order valence-corrected chi connectivity index (χ3v) is 3.17. The highest BCUT2D eigenvalue weighted by molar-refractivity contribution is 6.31. The summed E-state index contributed by atoms with van der Waals surface area (Å²) in [6.07, 6.45) is 0. The Morgan fingerprint density at radius 1 is 1.15 bits per heavy atom. The molecule has 3 rings (SSSR count). The van der Waals surface area contributed by atoms with Crippen molar-refractivity contribution in [3.05, 3.63) is 64.6 Å². The van der Waals surface area contributed by atoms with Gasteiger partial charge in [-0.15, -0.1) is 0 Å². The van der Waals surface area contributed by atoms with Crippen molar-refractivity contribution in [3.63, 3.8) is 0 Å². The zero-order valence-electron chi connectivity index (χ0n) is 10.1. The van der Waals surface area contributed by atoms with Crippen molar-refractivity contribution in [2.24, 2.45) is 0 Å². The summed E-state index contributed by atoms with van der Waals surface area (Å²) in [4.78, 5) is 12.2. The summed E-state index contributed by atoms with van der Waals surface area (Å²) in [6.45, 7) is 0. The number of hydrogen-bond acceptors (Lipinski definition) is 3. The molecule has 0 radical (unpaired) electrons. The van der Waals surface area contributed by atoms with Gasteiger partial charge < -0.3 is 9.52 Å². The second-order valence-corrected chi connectivity index (χ2v) is 4.69. The van der Waals surface area contributed by atoms with Crippen molar-refractivity contribution in [1.29, 1.82) is 0 Å². The Morgan fingerprint density at radius 2 is 1.85 bits per heavy atom. The minimum absolute atomic E-state index is 0.186. The number of carbonyl (C=O) groups excluding carboxylic acids is 1. The maximum absolute atomic E-state index is 12.8. The molecule has 0 spiro atoms. The van der Waals surface area contributed by atoms with Crippen molar-refractivity contribution < 1.29 is 18.7 Å². The highest BCUT2D eigenvalue weighted by Gasteiger charge is 2.21. The molecule has 0 amide bonds. The molecule has 0 saturated carbocycles. The van der Waals surface area contributed by atoms with E-state index in [9.17, 15) is 14.3 Å². The maximum atomic E-state index is 12.8. The van der Waals surface area contributed by atoms with Crippen LogP contribution in [0.5, 0.6) is 5.75 Å². The van der Waals surface area contributed by atoms with Crippen LogP contribution in [0.15, 0.2) is 46.9 Å². The summed E-state index contributed by atoms with van der Waals surface area (Å²) in [5, 5.41) is 10.8. The van der Waals surface area contributed by atoms with E-state index in [1.165, 1.54) is 30.3 Å². The Balaban J connectivity index is 2.12. The Labute approximate surface area is 118 Å². The number of hydrogen-bond donors (Lipinski definition) is 1. The number of halogens is 2. The number of furan rings is 1. The van der Waals surface area contributed by atoms with E-state index in [1.54, 1.807) is 12.1 Å². The van der Waals surface area contributed by atoms with Crippen molar-refractivity contribution in [2.75, 3.05) is 0 Å². The van der Waals surface area contributed by atoms with Gasteiger partial charge in [0.05, 0.1) is 5.39 Å². The van der Waals surface area contributed by atoms with Crippen LogP contribution >= 0.6 is 11.6 Å². The molecule has 0 aliphatic heterocycles. The zero-order chi connectivity index (χ0) is 14.3. The zero-order valence-corrected chi connectivity index (χ0v) is 10.8. The molecule has 0 aliphatic carbocycles. The van der Waals surface area contributed by atoms with E-state index in [1.807, 2.05) is 0 Å². The fourth-order valence-electron chi connectivity index (χ4n) is 1.94. The van der Waals surface area contributed by atoms with E-state index >= 15 is 0 Å². The van der Waals surface area contributed by atoms with Crippen LogP contribution in [-0.2, 0) is 0 Å². The highest BCUT2D eigenvalue weighted by atomic mass is 35.5. The third-order valence-electron chi connectivity index (χ3n) is 2.94. The van der Waals surface area contributed by atoms with Crippen molar-refractivity contribution in [3.8, 4) is 5.75 Å². The lowest BCUT2D eigenvalue weighted by Gasteiger charge is -1.98. The smallest absolute Gasteiger partial charge is 0.232 e. The van der Waals surface area contributed by atoms with Gasteiger partial charge >= 0.3 is 0 Å². The normalized spacial score (nSPS) is 10.9. The molecule has 2 aromatic carbocycles. The summed E-state index contributed by atoms with van der Waals surface area (Å²) < 4.78 is 18.2. The highest BCUT2D eigenvalue weighted by Crippen LogP contribution is 2.34. The van der Waals surface area contributed by atoms with Crippen LogP contribution in [-0.4, -0.2) is 10.9 Å². The fourth-order valence-corrected chi connectivity index (χ4v) is 2.12. The first kappa shape index (κ1) is 12.7. The summed E-state index contributed by atoms with van der Waals surface area (Å²) in [5.74, 6) is -1.41. The third kappa shape index (κ3) is 2.04. The van der Waals surface area contributed by atoms with Crippen LogP contribution in [0.1, 0.15) is 16.1 Å². The molecule has 1 aromatic heterocycles. The van der Waals surface area contributed by atoms with Gasteiger partial charge in [0.25, 0.3) is 0 Å². The largest absolute Gasteiger partial charge is 0.504 e.